The average Bonchev–Trinajstić information content (AvgIpc) is 2.87. The van der Waals surface area contributed by atoms with Crippen LogP contribution in [0, 0.1) is 0 Å². The van der Waals surface area contributed by atoms with Crippen LogP contribution in [0.4, 0.5) is 0 Å². The summed E-state index contributed by atoms with van der Waals surface area (Å²) in [4.78, 5) is 4.29. The van der Waals surface area contributed by atoms with Crippen molar-refractivity contribution in [1.82, 2.24) is 4.31 Å². The summed E-state index contributed by atoms with van der Waals surface area (Å²) in [6.45, 7) is 2.80. The molecule has 0 spiro atoms. The summed E-state index contributed by atoms with van der Waals surface area (Å²) >= 11 is 13.4. The Hall–Kier alpha value is -0.430. The number of hydrogen-bond acceptors (Lipinski definition) is 4. The summed E-state index contributed by atoms with van der Waals surface area (Å²) in [5, 5.41) is 1.71. The van der Waals surface area contributed by atoms with E-state index in [2.05, 4.69) is 4.99 Å². The zero-order valence-electron chi connectivity index (χ0n) is 11.6. The standard InChI is InChI=1S/C13H16Cl2N2O2S2/c1-2-7-21(18,19)17-6-5-16-13(17)20-9-10-3-4-11(14)8-12(10)15/h3-4,8H,2,5-7,9H2,1H3. The average molecular weight is 367 g/mol. The van der Waals surface area contributed by atoms with Crippen LogP contribution >= 0.6 is 35.0 Å². The lowest BCUT2D eigenvalue weighted by atomic mass is 10.2. The Labute approximate surface area is 139 Å². The molecule has 0 saturated heterocycles. The normalized spacial score (nSPS) is 15.4. The lowest BCUT2D eigenvalue weighted by molar-refractivity contribution is 0.539. The maximum Gasteiger partial charge on any atom is 0.236 e. The lowest BCUT2D eigenvalue weighted by Crippen LogP contribution is -2.34. The Balaban J connectivity index is 2.05. The first-order valence-corrected chi connectivity index (χ1v) is 9.90. The number of hydrogen-bond donors (Lipinski definition) is 0. The third-order valence-corrected chi connectivity index (χ3v) is 6.65. The first-order chi connectivity index (χ1) is 9.94. The fraction of sp³-hybridized carbons (Fsp3) is 0.462. The van der Waals surface area contributed by atoms with Crippen LogP contribution in [-0.4, -0.2) is 36.7 Å². The molecule has 0 atom stereocenters. The van der Waals surface area contributed by atoms with Gasteiger partial charge in [-0.3, -0.25) is 4.99 Å². The van der Waals surface area contributed by atoms with Gasteiger partial charge in [0.05, 0.1) is 18.8 Å². The van der Waals surface area contributed by atoms with Crippen LogP contribution in [0.5, 0.6) is 0 Å². The molecule has 0 aromatic heterocycles. The molecule has 1 aromatic rings. The monoisotopic (exact) mass is 366 g/mol. The van der Waals surface area contributed by atoms with Gasteiger partial charge in [0.15, 0.2) is 5.17 Å². The van der Waals surface area contributed by atoms with E-state index in [4.69, 9.17) is 23.2 Å². The molecule has 1 aliphatic rings. The van der Waals surface area contributed by atoms with E-state index in [9.17, 15) is 8.42 Å². The van der Waals surface area contributed by atoms with Crippen LogP contribution in [0.1, 0.15) is 18.9 Å². The molecule has 0 unspecified atom stereocenters. The lowest BCUT2D eigenvalue weighted by Gasteiger charge is -2.19. The van der Waals surface area contributed by atoms with Crippen molar-refractivity contribution in [3.63, 3.8) is 0 Å². The van der Waals surface area contributed by atoms with E-state index in [1.54, 1.807) is 12.1 Å². The zero-order chi connectivity index (χ0) is 15.5. The predicted molar refractivity (Wildman–Crippen MR) is 90.8 cm³/mol. The fourth-order valence-corrected chi connectivity index (χ4v) is 5.34. The molecule has 2 rings (SSSR count). The number of thioether (sulfide) groups is 1. The molecule has 8 heteroatoms. The van der Waals surface area contributed by atoms with Crippen LogP contribution in [0.2, 0.25) is 10.0 Å². The van der Waals surface area contributed by atoms with Gasteiger partial charge in [-0.2, -0.15) is 0 Å². The summed E-state index contributed by atoms with van der Waals surface area (Å²) in [6.07, 6.45) is 0.597. The van der Waals surface area contributed by atoms with E-state index in [1.807, 2.05) is 13.0 Å². The molecule has 0 amide bonds. The molecule has 0 N–H and O–H groups in total. The number of sulfonamides is 1. The van der Waals surface area contributed by atoms with Crippen molar-refractivity contribution in [2.24, 2.45) is 4.99 Å². The van der Waals surface area contributed by atoms with E-state index in [-0.39, 0.29) is 5.75 Å². The SMILES string of the molecule is CCCS(=O)(=O)N1CCN=C1SCc1ccc(Cl)cc1Cl. The fourth-order valence-electron chi connectivity index (χ4n) is 1.94. The second kappa shape index (κ2) is 7.22. The molecular weight excluding hydrogens is 351 g/mol. The van der Waals surface area contributed by atoms with Gasteiger partial charge in [-0.1, -0.05) is 48.0 Å². The Kier molecular flexibility index (Phi) is 5.82. The summed E-state index contributed by atoms with van der Waals surface area (Å²) in [5.41, 5.74) is 0.911. The van der Waals surface area contributed by atoms with Gasteiger partial charge in [-0.15, -0.1) is 0 Å². The van der Waals surface area contributed by atoms with E-state index in [0.29, 0.717) is 40.5 Å². The van der Waals surface area contributed by atoms with Gasteiger partial charge in [0.25, 0.3) is 0 Å². The molecule has 0 radical (unpaired) electrons. The topological polar surface area (TPSA) is 49.7 Å². The number of aliphatic imine (C=N–C) groups is 1. The van der Waals surface area contributed by atoms with E-state index in [1.165, 1.54) is 16.1 Å². The summed E-state index contributed by atoms with van der Waals surface area (Å²) in [5.74, 6) is 0.710. The van der Waals surface area contributed by atoms with Crippen molar-refractivity contribution in [2.45, 2.75) is 19.1 Å². The van der Waals surface area contributed by atoms with Gasteiger partial charge < -0.3 is 0 Å². The van der Waals surface area contributed by atoms with Crippen LogP contribution in [0.3, 0.4) is 0 Å². The Morgan fingerprint density at radius 3 is 2.81 bits per heavy atom. The predicted octanol–water partition coefficient (Wildman–Crippen LogP) is 3.64. The van der Waals surface area contributed by atoms with E-state index < -0.39 is 10.0 Å². The molecule has 1 aliphatic heterocycles. The Morgan fingerprint density at radius 2 is 2.14 bits per heavy atom. The number of halogens is 2. The van der Waals surface area contributed by atoms with Crippen LogP contribution < -0.4 is 0 Å². The minimum atomic E-state index is -3.25. The van der Waals surface area contributed by atoms with Crippen LogP contribution in [0.15, 0.2) is 23.2 Å². The Bertz CT molecular complexity index is 648. The second-order valence-corrected chi connectivity index (χ2v) is 8.38. The number of nitrogens with zero attached hydrogens (tertiary/aromatic N) is 2. The Morgan fingerprint density at radius 1 is 1.38 bits per heavy atom. The first-order valence-electron chi connectivity index (χ1n) is 6.55. The summed E-state index contributed by atoms with van der Waals surface area (Å²) < 4.78 is 25.7. The largest absolute Gasteiger partial charge is 0.260 e. The molecule has 0 saturated carbocycles. The van der Waals surface area contributed by atoms with Gasteiger partial charge in [-0.25, -0.2) is 12.7 Å². The number of benzene rings is 1. The smallest absolute Gasteiger partial charge is 0.236 e. The highest BCUT2D eigenvalue weighted by atomic mass is 35.5. The minimum Gasteiger partial charge on any atom is -0.260 e. The van der Waals surface area contributed by atoms with Crippen molar-refractivity contribution in [2.75, 3.05) is 18.8 Å². The van der Waals surface area contributed by atoms with Gasteiger partial charge >= 0.3 is 0 Å². The maximum absolute atomic E-state index is 12.2. The van der Waals surface area contributed by atoms with Gasteiger partial charge in [0.1, 0.15) is 0 Å². The number of amidine groups is 1. The van der Waals surface area contributed by atoms with Crippen LogP contribution in [-0.2, 0) is 15.8 Å². The quantitative estimate of drug-likeness (QED) is 0.798. The highest BCUT2D eigenvalue weighted by Crippen LogP contribution is 2.27. The third kappa shape index (κ3) is 4.28. The molecule has 21 heavy (non-hydrogen) atoms. The molecule has 1 heterocycles. The van der Waals surface area contributed by atoms with Gasteiger partial charge in [-0.05, 0) is 24.1 Å². The van der Waals surface area contributed by atoms with Crippen molar-refractivity contribution in [3.8, 4) is 0 Å². The summed E-state index contributed by atoms with van der Waals surface area (Å²) in [7, 11) is -3.25. The second-order valence-electron chi connectivity index (χ2n) is 4.58. The molecule has 0 fully saturated rings. The maximum atomic E-state index is 12.2. The highest BCUT2D eigenvalue weighted by molar-refractivity contribution is 8.14. The molecule has 1 aromatic carbocycles. The van der Waals surface area contributed by atoms with Crippen molar-refractivity contribution < 1.29 is 8.42 Å². The van der Waals surface area contributed by atoms with Crippen molar-refractivity contribution in [1.29, 1.82) is 0 Å². The molecule has 0 aliphatic carbocycles. The minimum absolute atomic E-state index is 0.147. The number of rotatable bonds is 5. The summed E-state index contributed by atoms with van der Waals surface area (Å²) in [6, 6.07) is 5.30. The van der Waals surface area contributed by atoms with Crippen molar-refractivity contribution in [3.05, 3.63) is 33.8 Å². The highest BCUT2D eigenvalue weighted by Gasteiger charge is 2.28. The first kappa shape index (κ1) is 16.9. The molecule has 4 nitrogen and oxygen atoms in total. The zero-order valence-corrected chi connectivity index (χ0v) is 14.7. The third-order valence-electron chi connectivity index (χ3n) is 2.93. The van der Waals surface area contributed by atoms with Crippen LogP contribution in [0.25, 0.3) is 0 Å². The van der Waals surface area contributed by atoms with Gasteiger partial charge in [0, 0.05) is 15.8 Å². The molecule has 0 bridgehead atoms. The van der Waals surface area contributed by atoms with E-state index >= 15 is 0 Å². The molecular formula is C13H16Cl2N2O2S2. The van der Waals surface area contributed by atoms with Crippen molar-refractivity contribution >= 4 is 50.2 Å². The van der Waals surface area contributed by atoms with Gasteiger partial charge in [0.2, 0.25) is 10.0 Å². The molecule has 116 valence electrons. The van der Waals surface area contributed by atoms with E-state index in [0.717, 1.165) is 5.56 Å².